The Bertz CT molecular complexity index is 441. The van der Waals surface area contributed by atoms with Crippen LogP contribution >= 0.6 is 0 Å². The molecule has 0 aliphatic heterocycles. The van der Waals surface area contributed by atoms with Crippen LogP contribution in [0.5, 0.6) is 0 Å². The lowest BCUT2D eigenvalue weighted by Gasteiger charge is -2.42. The minimum Gasteiger partial charge on any atom is -0.376 e. The molecule has 1 amide bonds. The summed E-state index contributed by atoms with van der Waals surface area (Å²) in [7, 11) is 1.75. The number of rotatable bonds is 4. The standard InChI is InChI=1S/C12H20N4O2/c1-4-18-10-6-8(13)11(10)14-12(17)9-5-7(2)15-16(9)3/h5,8,10-11H,4,6,13H2,1-3H3,(H,14,17). The van der Waals surface area contributed by atoms with Crippen molar-refractivity contribution in [3.63, 3.8) is 0 Å². The van der Waals surface area contributed by atoms with Crippen LogP contribution in [0.25, 0.3) is 0 Å². The molecule has 1 heterocycles. The zero-order chi connectivity index (χ0) is 13.3. The van der Waals surface area contributed by atoms with Crippen LogP contribution in [0.15, 0.2) is 6.07 Å². The fourth-order valence-electron chi connectivity index (χ4n) is 2.28. The van der Waals surface area contributed by atoms with Crippen molar-refractivity contribution < 1.29 is 9.53 Å². The fraction of sp³-hybridized carbons (Fsp3) is 0.667. The van der Waals surface area contributed by atoms with E-state index >= 15 is 0 Å². The Morgan fingerprint density at radius 1 is 1.72 bits per heavy atom. The molecule has 1 aliphatic carbocycles. The van der Waals surface area contributed by atoms with Crippen LogP contribution in [0.1, 0.15) is 29.5 Å². The minimum absolute atomic E-state index is 0.0279. The van der Waals surface area contributed by atoms with Crippen molar-refractivity contribution in [2.45, 2.75) is 38.5 Å². The Labute approximate surface area is 106 Å². The van der Waals surface area contributed by atoms with E-state index in [1.807, 2.05) is 13.8 Å². The van der Waals surface area contributed by atoms with Gasteiger partial charge in [0.05, 0.1) is 17.8 Å². The molecule has 1 aromatic rings. The maximum atomic E-state index is 12.1. The van der Waals surface area contributed by atoms with Gasteiger partial charge in [-0.3, -0.25) is 9.48 Å². The summed E-state index contributed by atoms with van der Waals surface area (Å²) in [5.74, 6) is -0.150. The molecule has 0 radical (unpaired) electrons. The third-order valence-electron chi connectivity index (χ3n) is 3.28. The monoisotopic (exact) mass is 252 g/mol. The van der Waals surface area contributed by atoms with E-state index in [-0.39, 0.29) is 24.1 Å². The molecular formula is C12H20N4O2. The van der Waals surface area contributed by atoms with Crippen molar-refractivity contribution in [1.29, 1.82) is 0 Å². The number of carbonyl (C=O) groups is 1. The molecule has 1 aromatic heterocycles. The van der Waals surface area contributed by atoms with Crippen LogP contribution in [0.2, 0.25) is 0 Å². The van der Waals surface area contributed by atoms with Gasteiger partial charge < -0.3 is 15.8 Å². The van der Waals surface area contributed by atoms with E-state index in [0.717, 1.165) is 12.1 Å². The summed E-state index contributed by atoms with van der Waals surface area (Å²) in [6.07, 6.45) is 0.826. The molecule has 100 valence electrons. The zero-order valence-electron chi connectivity index (χ0n) is 11.0. The van der Waals surface area contributed by atoms with E-state index in [0.29, 0.717) is 12.3 Å². The summed E-state index contributed by atoms with van der Waals surface area (Å²) < 4.78 is 7.09. The van der Waals surface area contributed by atoms with Crippen molar-refractivity contribution in [3.8, 4) is 0 Å². The second kappa shape index (κ2) is 5.07. The molecule has 6 nitrogen and oxygen atoms in total. The zero-order valence-corrected chi connectivity index (χ0v) is 11.0. The van der Waals surface area contributed by atoms with Crippen LogP contribution in [0, 0.1) is 6.92 Å². The number of carbonyl (C=O) groups excluding carboxylic acids is 1. The van der Waals surface area contributed by atoms with Crippen LogP contribution in [-0.2, 0) is 11.8 Å². The second-order valence-electron chi connectivity index (χ2n) is 4.69. The maximum absolute atomic E-state index is 12.1. The first-order chi connectivity index (χ1) is 8.52. The first-order valence-corrected chi connectivity index (χ1v) is 6.21. The number of aromatic nitrogens is 2. The number of nitrogens with two attached hydrogens (primary N) is 1. The number of hydrogen-bond acceptors (Lipinski definition) is 4. The molecule has 0 spiro atoms. The predicted molar refractivity (Wildman–Crippen MR) is 67.2 cm³/mol. The van der Waals surface area contributed by atoms with Crippen LogP contribution in [0.4, 0.5) is 0 Å². The van der Waals surface area contributed by atoms with Crippen LogP contribution < -0.4 is 11.1 Å². The third-order valence-corrected chi connectivity index (χ3v) is 3.28. The lowest BCUT2D eigenvalue weighted by Crippen LogP contribution is -2.64. The minimum atomic E-state index is -0.150. The lowest BCUT2D eigenvalue weighted by molar-refractivity contribution is -0.0301. The van der Waals surface area contributed by atoms with Gasteiger partial charge in [0.2, 0.25) is 0 Å². The number of amides is 1. The Hall–Kier alpha value is -1.40. The lowest BCUT2D eigenvalue weighted by atomic mass is 9.83. The number of hydrogen-bond donors (Lipinski definition) is 2. The second-order valence-corrected chi connectivity index (χ2v) is 4.69. The van der Waals surface area contributed by atoms with Gasteiger partial charge in [-0.05, 0) is 26.3 Å². The van der Waals surface area contributed by atoms with Gasteiger partial charge in [-0.15, -0.1) is 0 Å². The number of nitrogens with zero attached hydrogens (tertiary/aromatic N) is 2. The Kier molecular flexibility index (Phi) is 3.68. The highest BCUT2D eigenvalue weighted by atomic mass is 16.5. The number of nitrogens with one attached hydrogen (secondary N) is 1. The quantitative estimate of drug-likeness (QED) is 0.788. The molecule has 6 heteroatoms. The molecule has 1 aliphatic rings. The van der Waals surface area contributed by atoms with Crippen molar-refractivity contribution >= 4 is 5.91 Å². The highest BCUT2D eigenvalue weighted by Crippen LogP contribution is 2.22. The van der Waals surface area contributed by atoms with Crippen LogP contribution in [-0.4, -0.2) is 40.5 Å². The molecule has 3 unspecified atom stereocenters. The van der Waals surface area contributed by atoms with Gasteiger partial charge in [-0.25, -0.2) is 0 Å². The van der Waals surface area contributed by atoms with Gasteiger partial charge in [-0.1, -0.05) is 0 Å². The van der Waals surface area contributed by atoms with Gasteiger partial charge in [0, 0.05) is 19.7 Å². The highest BCUT2D eigenvalue weighted by Gasteiger charge is 2.40. The van der Waals surface area contributed by atoms with E-state index in [1.165, 1.54) is 0 Å². The SMILES string of the molecule is CCOC1CC(N)C1NC(=O)c1cc(C)nn1C. The molecular weight excluding hydrogens is 232 g/mol. The Morgan fingerprint density at radius 2 is 2.44 bits per heavy atom. The van der Waals surface area contributed by atoms with E-state index in [4.69, 9.17) is 10.5 Å². The highest BCUT2D eigenvalue weighted by molar-refractivity contribution is 5.93. The molecule has 3 N–H and O–H groups in total. The van der Waals surface area contributed by atoms with E-state index in [9.17, 15) is 4.79 Å². The summed E-state index contributed by atoms with van der Waals surface area (Å²) in [6, 6.07) is 1.63. The van der Waals surface area contributed by atoms with Crippen molar-refractivity contribution in [2.75, 3.05) is 6.61 Å². The van der Waals surface area contributed by atoms with Crippen molar-refractivity contribution in [3.05, 3.63) is 17.5 Å². The maximum Gasteiger partial charge on any atom is 0.269 e. The van der Waals surface area contributed by atoms with Crippen LogP contribution in [0.3, 0.4) is 0 Å². The molecule has 2 rings (SSSR count). The Balaban J connectivity index is 2.01. The first-order valence-electron chi connectivity index (χ1n) is 6.21. The van der Waals surface area contributed by atoms with Crippen molar-refractivity contribution in [2.24, 2.45) is 12.8 Å². The fourth-order valence-corrected chi connectivity index (χ4v) is 2.28. The smallest absolute Gasteiger partial charge is 0.269 e. The van der Waals surface area contributed by atoms with Gasteiger partial charge in [0.1, 0.15) is 5.69 Å². The first kappa shape index (κ1) is 13.0. The molecule has 0 aromatic carbocycles. The molecule has 18 heavy (non-hydrogen) atoms. The number of aryl methyl sites for hydroxylation is 2. The third kappa shape index (κ3) is 2.39. The summed E-state index contributed by atoms with van der Waals surface area (Å²) in [5.41, 5.74) is 7.26. The molecule has 1 saturated carbocycles. The summed E-state index contributed by atoms with van der Waals surface area (Å²) in [6.45, 7) is 4.43. The average Bonchev–Trinajstić information content (AvgIpc) is 2.65. The summed E-state index contributed by atoms with van der Waals surface area (Å²) >= 11 is 0. The van der Waals surface area contributed by atoms with Gasteiger partial charge >= 0.3 is 0 Å². The molecule has 3 atom stereocenters. The van der Waals surface area contributed by atoms with E-state index in [2.05, 4.69) is 10.4 Å². The topological polar surface area (TPSA) is 82.2 Å². The van der Waals surface area contributed by atoms with Gasteiger partial charge in [-0.2, -0.15) is 5.10 Å². The molecule has 0 bridgehead atoms. The van der Waals surface area contributed by atoms with E-state index in [1.54, 1.807) is 17.8 Å². The van der Waals surface area contributed by atoms with Gasteiger partial charge in [0.15, 0.2) is 0 Å². The van der Waals surface area contributed by atoms with Crippen molar-refractivity contribution in [1.82, 2.24) is 15.1 Å². The molecule has 0 saturated heterocycles. The van der Waals surface area contributed by atoms with Gasteiger partial charge in [0.25, 0.3) is 5.91 Å². The summed E-state index contributed by atoms with van der Waals surface area (Å²) in [5, 5.41) is 7.07. The normalized spacial score (nSPS) is 26.8. The summed E-state index contributed by atoms with van der Waals surface area (Å²) in [4.78, 5) is 12.1. The average molecular weight is 252 g/mol. The van der Waals surface area contributed by atoms with E-state index < -0.39 is 0 Å². The molecule has 1 fully saturated rings. The largest absolute Gasteiger partial charge is 0.376 e. The number of ether oxygens (including phenoxy) is 1. The predicted octanol–water partition coefficient (Wildman–Crippen LogP) is -0.0370. The Morgan fingerprint density at radius 3 is 2.94 bits per heavy atom.